The van der Waals surface area contributed by atoms with Crippen LogP contribution in [0.15, 0.2) is 36.5 Å². The van der Waals surface area contributed by atoms with Gasteiger partial charge in [0, 0.05) is 24.2 Å². The second-order valence-corrected chi connectivity index (χ2v) is 8.23. The van der Waals surface area contributed by atoms with E-state index < -0.39 is 6.10 Å². The van der Waals surface area contributed by atoms with Crippen LogP contribution in [-0.2, 0) is 4.74 Å². The van der Waals surface area contributed by atoms with Crippen molar-refractivity contribution in [3.63, 3.8) is 0 Å². The zero-order valence-corrected chi connectivity index (χ0v) is 18.0. The van der Waals surface area contributed by atoms with E-state index in [0.29, 0.717) is 49.0 Å². The predicted molar refractivity (Wildman–Crippen MR) is 117 cm³/mol. The second kappa shape index (κ2) is 8.85. The fourth-order valence-corrected chi connectivity index (χ4v) is 3.69. The van der Waals surface area contributed by atoms with Crippen LogP contribution in [0.5, 0.6) is 0 Å². The molecule has 3 heterocycles. The Kier molecular flexibility index (Phi) is 5.99. The van der Waals surface area contributed by atoms with E-state index in [4.69, 9.17) is 9.72 Å². The number of para-hydroxylation sites is 1. The molecule has 2 aromatic heterocycles. The number of aryl methyl sites for hydroxylation is 1. The molecule has 0 radical (unpaired) electrons. The molecule has 1 atom stereocenters. The summed E-state index contributed by atoms with van der Waals surface area (Å²) in [6, 6.07) is 9.37. The largest absolute Gasteiger partial charge is 0.368 e. The Hall–Kier alpha value is -3.26. The first-order valence-electron chi connectivity index (χ1n) is 10.5. The zero-order valence-electron chi connectivity index (χ0n) is 18.0. The summed E-state index contributed by atoms with van der Waals surface area (Å²) in [5.74, 6) is 0.130. The molecule has 0 saturated carbocycles. The van der Waals surface area contributed by atoms with E-state index in [1.165, 1.54) is 0 Å². The third-order valence-corrected chi connectivity index (χ3v) is 5.40. The molecule has 162 valence electrons. The van der Waals surface area contributed by atoms with Crippen molar-refractivity contribution in [2.75, 3.05) is 26.2 Å². The lowest BCUT2D eigenvalue weighted by atomic mass is 10.0. The average Bonchev–Trinajstić information content (AvgIpc) is 3.22. The van der Waals surface area contributed by atoms with Gasteiger partial charge < -0.3 is 15.0 Å². The van der Waals surface area contributed by atoms with E-state index in [1.807, 2.05) is 31.2 Å². The number of carbonyl (C=O) groups is 2. The molecule has 31 heavy (non-hydrogen) atoms. The number of aromatic amines is 1. The van der Waals surface area contributed by atoms with E-state index in [-0.39, 0.29) is 11.8 Å². The maximum absolute atomic E-state index is 12.9. The summed E-state index contributed by atoms with van der Waals surface area (Å²) < 4.78 is 5.96. The molecule has 1 saturated heterocycles. The topological polar surface area (TPSA) is 100 Å². The smallest absolute Gasteiger partial charge is 0.257 e. The first-order chi connectivity index (χ1) is 14.9. The van der Waals surface area contributed by atoms with Gasteiger partial charge in [-0.2, -0.15) is 5.10 Å². The summed E-state index contributed by atoms with van der Waals surface area (Å²) in [5.41, 5.74) is 3.24. The molecule has 1 aliphatic rings. The number of hydrogen-bond donors (Lipinski definition) is 2. The number of fused-ring (bicyclic) bond motifs is 1. The van der Waals surface area contributed by atoms with Gasteiger partial charge in [-0.25, -0.2) is 4.98 Å². The van der Waals surface area contributed by atoms with Gasteiger partial charge in [0.25, 0.3) is 11.8 Å². The number of benzene rings is 1. The fraction of sp³-hybridized carbons (Fsp3) is 0.391. The highest BCUT2D eigenvalue weighted by atomic mass is 16.5. The van der Waals surface area contributed by atoms with Crippen LogP contribution in [0.25, 0.3) is 10.9 Å². The second-order valence-electron chi connectivity index (χ2n) is 8.23. The SMILES string of the molecule is Cc1[nH]ncc1C(=O)N1CCO[C@H](c2cc(C(=O)NCC(C)C)c3ccccc3n2)C1. The van der Waals surface area contributed by atoms with Crippen LogP contribution in [0.1, 0.15) is 52.1 Å². The highest BCUT2D eigenvalue weighted by Crippen LogP contribution is 2.27. The normalized spacial score (nSPS) is 16.6. The van der Waals surface area contributed by atoms with Crippen LogP contribution in [-0.4, -0.2) is 58.1 Å². The minimum Gasteiger partial charge on any atom is -0.368 e. The first kappa shape index (κ1) is 21.0. The molecule has 1 aliphatic heterocycles. The van der Waals surface area contributed by atoms with Crippen LogP contribution in [0.2, 0.25) is 0 Å². The number of nitrogens with zero attached hydrogens (tertiary/aromatic N) is 3. The molecule has 4 rings (SSSR count). The summed E-state index contributed by atoms with van der Waals surface area (Å²) in [4.78, 5) is 32.3. The van der Waals surface area contributed by atoms with Crippen LogP contribution >= 0.6 is 0 Å². The van der Waals surface area contributed by atoms with Gasteiger partial charge in [-0.3, -0.25) is 14.7 Å². The quantitative estimate of drug-likeness (QED) is 0.660. The number of pyridine rings is 1. The Balaban J connectivity index is 1.63. The predicted octanol–water partition coefficient (Wildman–Crippen LogP) is 2.87. The molecule has 0 bridgehead atoms. The van der Waals surface area contributed by atoms with Crippen molar-refractivity contribution in [2.24, 2.45) is 5.92 Å². The maximum Gasteiger partial charge on any atom is 0.257 e. The zero-order chi connectivity index (χ0) is 22.0. The van der Waals surface area contributed by atoms with E-state index >= 15 is 0 Å². The Morgan fingerprint density at radius 1 is 1.29 bits per heavy atom. The number of hydrogen-bond acceptors (Lipinski definition) is 5. The number of morpholine rings is 1. The standard InChI is InChI=1S/C23H27N5O3/c1-14(2)11-24-22(29)17-10-20(26-19-7-5-4-6-16(17)19)21-13-28(8-9-31-21)23(30)18-12-25-27-15(18)3/h4-7,10,12,14,21H,8-9,11,13H2,1-3H3,(H,24,29)(H,25,27)/t21-/m0/s1. The molecule has 0 spiro atoms. The molecule has 1 fully saturated rings. The van der Waals surface area contributed by atoms with Gasteiger partial charge in [-0.05, 0) is 25.0 Å². The van der Waals surface area contributed by atoms with Crippen LogP contribution in [0, 0.1) is 12.8 Å². The Morgan fingerprint density at radius 3 is 2.84 bits per heavy atom. The van der Waals surface area contributed by atoms with Crippen LogP contribution in [0.3, 0.4) is 0 Å². The van der Waals surface area contributed by atoms with Crippen LogP contribution < -0.4 is 5.32 Å². The van der Waals surface area contributed by atoms with E-state index in [0.717, 1.165) is 16.6 Å². The monoisotopic (exact) mass is 421 g/mol. The van der Waals surface area contributed by atoms with Crippen molar-refractivity contribution in [3.8, 4) is 0 Å². The third-order valence-electron chi connectivity index (χ3n) is 5.40. The van der Waals surface area contributed by atoms with Gasteiger partial charge in [0.05, 0.1) is 41.7 Å². The molecule has 2 N–H and O–H groups in total. The molecule has 8 heteroatoms. The fourth-order valence-electron chi connectivity index (χ4n) is 3.69. The minimum atomic E-state index is -0.411. The lowest BCUT2D eigenvalue weighted by Crippen LogP contribution is -2.42. The summed E-state index contributed by atoms with van der Waals surface area (Å²) in [7, 11) is 0. The lowest BCUT2D eigenvalue weighted by Gasteiger charge is -2.33. The van der Waals surface area contributed by atoms with Crippen molar-refractivity contribution >= 4 is 22.7 Å². The van der Waals surface area contributed by atoms with Gasteiger partial charge in [-0.1, -0.05) is 32.0 Å². The number of carbonyl (C=O) groups excluding carboxylic acids is 2. The Morgan fingerprint density at radius 2 is 2.10 bits per heavy atom. The van der Waals surface area contributed by atoms with Gasteiger partial charge in [-0.15, -0.1) is 0 Å². The molecule has 2 amide bonds. The third kappa shape index (κ3) is 4.44. The number of rotatable bonds is 5. The maximum atomic E-state index is 12.9. The molecule has 3 aromatic rings. The minimum absolute atomic E-state index is 0.0877. The van der Waals surface area contributed by atoms with Gasteiger partial charge >= 0.3 is 0 Å². The van der Waals surface area contributed by atoms with Crippen molar-refractivity contribution in [2.45, 2.75) is 26.9 Å². The van der Waals surface area contributed by atoms with Gasteiger partial charge in [0.15, 0.2) is 0 Å². The van der Waals surface area contributed by atoms with E-state index in [1.54, 1.807) is 17.2 Å². The molecule has 1 aromatic carbocycles. The van der Waals surface area contributed by atoms with Gasteiger partial charge in [0.2, 0.25) is 0 Å². The number of amides is 2. The van der Waals surface area contributed by atoms with Crippen LogP contribution in [0.4, 0.5) is 0 Å². The number of aromatic nitrogens is 3. The lowest BCUT2D eigenvalue weighted by molar-refractivity contribution is -0.0246. The van der Waals surface area contributed by atoms with Crippen molar-refractivity contribution in [1.82, 2.24) is 25.4 Å². The van der Waals surface area contributed by atoms with Gasteiger partial charge in [0.1, 0.15) is 6.10 Å². The summed E-state index contributed by atoms with van der Waals surface area (Å²) in [6.45, 7) is 7.79. The summed E-state index contributed by atoms with van der Waals surface area (Å²) in [5, 5.41) is 10.5. The van der Waals surface area contributed by atoms with E-state index in [2.05, 4.69) is 29.4 Å². The number of H-pyrrole nitrogens is 1. The molecular weight excluding hydrogens is 394 g/mol. The summed E-state index contributed by atoms with van der Waals surface area (Å²) in [6.07, 6.45) is 1.14. The summed E-state index contributed by atoms with van der Waals surface area (Å²) >= 11 is 0. The number of nitrogens with one attached hydrogen (secondary N) is 2. The highest BCUT2D eigenvalue weighted by molar-refractivity contribution is 6.06. The Bertz CT molecular complexity index is 1110. The van der Waals surface area contributed by atoms with Crippen molar-refractivity contribution < 1.29 is 14.3 Å². The molecule has 8 nitrogen and oxygen atoms in total. The molecular formula is C23H27N5O3. The molecule has 0 aliphatic carbocycles. The Labute approximate surface area is 181 Å². The first-order valence-corrected chi connectivity index (χ1v) is 10.5. The molecule has 0 unspecified atom stereocenters. The highest BCUT2D eigenvalue weighted by Gasteiger charge is 2.29. The van der Waals surface area contributed by atoms with Crippen molar-refractivity contribution in [1.29, 1.82) is 0 Å². The van der Waals surface area contributed by atoms with Crippen molar-refractivity contribution in [3.05, 3.63) is 59.0 Å². The average molecular weight is 422 g/mol. The number of ether oxygens (including phenoxy) is 1. The van der Waals surface area contributed by atoms with E-state index in [9.17, 15) is 9.59 Å².